The first-order valence-corrected chi connectivity index (χ1v) is 10.0. The average Bonchev–Trinajstić information content (AvgIpc) is 2.56. The average molecular weight is 381 g/mol. The summed E-state index contributed by atoms with van der Waals surface area (Å²) in [5.41, 5.74) is 0. The summed E-state index contributed by atoms with van der Waals surface area (Å²) < 4.78 is 4.52. The van der Waals surface area contributed by atoms with Gasteiger partial charge in [-0.3, -0.25) is 4.79 Å². The number of carboxylic acid groups (broad SMARTS) is 1. The van der Waals surface area contributed by atoms with E-state index in [-0.39, 0.29) is 51.4 Å². The summed E-state index contributed by atoms with van der Waals surface area (Å²) >= 11 is 0. The van der Waals surface area contributed by atoms with Gasteiger partial charge in [-0.05, 0) is 6.42 Å². The maximum absolute atomic E-state index is 11.2. The molecule has 0 heterocycles. The fourth-order valence-corrected chi connectivity index (χ4v) is 2.85. The Kier molecular flexibility index (Phi) is 25.1. The van der Waals surface area contributed by atoms with Crippen molar-refractivity contribution in [3.63, 3.8) is 0 Å². The smallest absolute Gasteiger partial charge is 0.546 e. The topological polar surface area (TPSA) is 66.4 Å². The Labute approximate surface area is 197 Å². The molecule has 0 unspecified atom stereocenters. The second kappa shape index (κ2) is 22.6. The molecule has 0 aromatic heterocycles. The van der Waals surface area contributed by atoms with Gasteiger partial charge in [0.25, 0.3) is 0 Å². The largest absolute Gasteiger partial charge is 1.00 e. The molecular formula is C20H37KO4. The molecule has 0 aromatic rings. The van der Waals surface area contributed by atoms with Crippen molar-refractivity contribution in [2.75, 3.05) is 6.61 Å². The zero-order chi connectivity index (χ0) is 17.9. The number of ether oxygens (including phenoxy) is 1. The van der Waals surface area contributed by atoms with Crippen LogP contribution in [0.4, 0.5) is 0 Å². The molecule has 0 aromatic carbocycles. The fourth-order valence-electron chi connectivity index (χ4n) is 2.85. The predicted octanol–water partition coefficient (Wildman–Crippen LogP) is 1.55. The van der Waals surface area contributed by atoms with E-state index < -0.39 is 18.5 Å². The molecule has 0 atom stereocenters. The number of aliphatic carboxylic acids is 1. The van der Waals surface area contributed by atoms with Crippen LogP contribution in [0.1, 0.15) is 110 Å². The van der Waals surface area contributed by atoms with Crippen molar-refractivity contribution in [1.82, 2.24) is 0 Å². The van der Waals surface area contributed by atoms with Gasteiger partial charge < -0.3 is 14.6 Å². The van der Waals surface area contributed by atoms with E-state index >= 15 is 0 Å². The molecule has 25 heavy (non-hydrogen) atoms. The van der Waals surface area contributed by atoms with Crippen LogP contribution in [-0.2, 0) is 14.3 Å². The van der Waals surface area contributed by atoms with Crippen LogP contribution in [0.3, 0.4) is 0 Å². The summed E-state index contributed by atoms with van der Waals surface area (Å²) in [6.45, 7) is 1.63. The third kappa shape index (κ3) is 24.6. The normalized spacial score (nSPS) is 10.3. The van der Waals surface area contributed by atoms with Crippen molar-refractivity contribution in [3.8, 4) is 0 Å². The molecule has 0 radical (unpaired) electrons. The van der Waals surface area contributed by atoms with E-state index in [4.69, 9.17) is 0 Å². The molecule has 0 bridgehead atoms. The Morgan fingerprint density at radius 2 is 1.04 bits per heavy atom. The summed E-state index contributed by atoms with van der Waals surface area (Å²) in [5, 5.41) is 10.1. The van der Waals surface area contributed by atoms with E-state index in [1.165, 1.54) is 77.0 Å². The minimum Gasteiger partial charge on any atom is -0.546 e. The number of rotatable bonds is 18. The van der Waals surface area contributed by atoms with E-state index in [1.807, 2.05) is 0 Å². The Morgan fingerprint density at radius 1 is 0.680 bits per heavy atom. The molecule has 0 spiro atoms. The number of hydrogen-bond acceptors (Lipinski definition) is 4. The van der Waals surface area contributed by atoms with Gasteiger partial charge in [-0.15, -0.1) is 0 Å². The van der Waals surface area contributed by atoms with Gasteiger partial charge in [0, 0.05) is 6.42 Å². The van der Waals surface area contributed by atoms with Crippen molar-refractivity contribution in [1.29, 1.82) is 0 Å². The summed E-state index contributed by atoms with van der Waals surface area (Å²) in [5.74, 6) is -1.78. The Bertz CT molecular complexity index is 308. The van der Waals surface area contributed by atoms with E-state index in [9.17, 15) is 14.7 Å². The molecular weight excluding hydrogens is 343 g/mol. The maximum atomic E-state index is 11.2. The van der Waals surface area contributed by atoms with Crippen LogP contribution in [-0.4, -0.2) is 18.5 Å². The van der Waals surface area contributed by atoms with Crippen LogP contribution in [0.2, 0.25) is 0 Å². The molecule has 142 valence electrons. The Hall–Kier alpha value is 0.576. The van der Waals surface area contributed by atoms with Gasteiger partial charge >= 0.3 is 57.4 Å². The second-order valence-corrected chi connectivity index (χ2v) is 6.73. The number of hydrogen-bond donors (Lipinski definition) is 0. The van der Waals surface area contributed by atoms with Gasteiger partial charge in [-0.25, -0.2) is 0 Å². The van der Waals surface area contributed by atoms with E-state index in [0.717, 1.165) is 19.3 Å². The minimum absolute atomic E-state index is 0. The molecule has 0 aliphatic carbocycles. The third-order valence-corrected chi connectivity index (χ3v) is 4.34. The van der Waals surface area contributed by atoms with Crippen LogP contribution in [0.5, 0.6) is 0 Å². The van der Waals surface area contributed by atoms with Crippen molar-refractivity contribution in [2.24, 2.45) is 0 Å². The minimum atomic E-state index is -1.35. The number of carboxylic acids is 1. The Balaban J connectivity index is 0. The quantitative estimate of drug-likeness (QED) is 0.206. The number of carbonyl (C=O) groups is 2. The van der Waals surface area contributed by atoms with Crippen LogP contribution >= 0.6 is 0 Å². The number of unbranched alkanes of at least 4 members (excludes halogenated alkanes) is 14. The molecule has 0 saturated carbocycles. The molecule has 0 saturated heterocycles. The maximum Gasteiger partial charge on any atom is 1.00 e. The number of carbonyl (C=O) groups excluding carboxylic acids is 2. The first kappa shape index (κ1) is 27.8. The van der Waals surface area contributed by atoms with Gasteiger partial charge in [-0.2, -0.15) is 0 Å². The van der Waals surface area contributed by atoms with Crippen molar-refractivity contribution < 1.29 is 70.8 Å². The van der Waals surface area contributed by atoms with Crippen LogP contribution in [0, 0.1) is 0 Å². The first-order valence-electron chi connectivity index (χ1n) is 10.0. The standard InChI is InChI=1S/C20H38O4.K/c1-2-3-4-5-6-7-8-9-10-11-12-13-14-15-16-17-20(23)24-18-19(21)22;/h2-18H2,1H3,(H,21,22);/q;+1/p-1. The van der Waals surface area contributed by atoms with Gasteiger partial charge in [0.05, 0.1) is 5.97 Å². The predicted molar refractivity (Wildman–Crippen MR) is 95.5 cm³/mol. The van der Waals surface area contributed by atoms with Crippen LogP contribution in [0.25, 0.3) is 0 Å². The summed E-state index contributed by atoms with van der Waals surface area (Å²) in [4.78, 5) is 21.3. The first-order chi connectivity index (χ1) is 11.7. The zero-order valence-electron chi connectivity index (χ0n) is 16.7. The molecule has 5 heteroatoms. The van der Waals surface area contributed by atoms with Crippen molar-refractivity contribution in [2.45, 2.75) is 110 Å². The molecule has 0 rings (SSSR count). The summed E-state index contributed by atoms with van der Waals surface area (Å²) in [6.07, 6.45) is 19.5. The molecule has 4 nitrogen and oxygen atoms in total. The molecule has 0 fully saturated rings. The molecule has 0 aliphatic heterocycles. The van der Waals surface area contributed by atoms with Crippen molar-refractivity contribution in [3.05, 3.63) is 0 Å². The van der Waals surface area contributed by atoms with Gasteiger partial charge in [0.15, 0.2) is 0 Å². The second-order valence-electron chi connectivity index (χ2n) is 6.73. The van der Waals surface area contributed by atoms with Crippen LogP contribution in [0.15, 0.2) is 0 Å². The van der Waals surface area contributed by atoms with E-state index in [0.29, 0.717) is 6.42 Å². The third-order valence-electron chi connectivity index (χ3n) is 4.34. The van der Waals surface area contributed by atoms with Gasteiger partial charge in [0.2, 0.25) is 0 Å². The monoisotopic (exact) mass is 380 g/mol. The molecule has 0 N–H and O–H groups in total. The van der Waals surface area contributed by atoms with Gasteiger partial charge in [0.1, 0.15) is 6.61 Å². The fraction of sp³-hybridized carbons (Fsp3) is 0.900. The van der Waals surface area contributed by atoms with Crippen LogP contribution < -0.4 is 56.5 Å². The van der Waals surface area contributed by atoms with E-state index in [2.05, 4.69) is 11.7 Å². The van der Waals surface area contributed by atoms with Crippen molar-refractivity contribution >= 4 is 11.9 Å². The Morgan fingerprint density at radius 3 is 1.40 bits per heavy atom. The van der Waals surface area contributed by atoms with Gasteiger partial charge in [-0.1, -0.05) is 96.8 Å². The molecule has 0 amide bonds. The van der Waals surface area contributed by atoms with E-state index in [1.54, 1.807) is 0 Å². The number of esters is 1. The summed E-state index contributed by atoms with van der Waals surface area (Å²) in [7, 11) is 0. The molecule has 0 aliphatic rings. The zero-order valence-corrected chi connectivity index (χ0v) is 19.8. The summed E-state index contributed by atoms with van der Waals surface area (Å²) in [6, 6.07) is 0. The SMILES string of the molecule is CCCCCCCCCCCCCCCCCC(=O)OCC(=O)[O-].[K+].